The van der Waals surface area contributed by atoms with E-state index in [0.29, 0.717) is 0 Å². The van der Waals surface area contributed by atoms with Crippen molar-refractivity contribution in [2.75, 3.05) is 76.8 Å². The van der Waals surface area contributed by atoms with E-state index in [1.807, 2.05) is 6.92 Å². The second-order valence-electron chi connectivity index (χ2n) is 8.26. The second-order valence-corrected chi connectivity index (χ2v) is 17.4. The van der Waals surface area contributed by atoms with Crippen molar-refractivity contribution in [2.24, 2.45) is 0 Å². The molecular formula is C31H101N3O3Si2. The molecule has 0 aromatic rings. The maximum Gasteiger partial charge on any atom is 0.499 e. The Labute approximate surface area is 263 Å². The molecule has 8 heteroatoms. The van der Waals surface area contributed by atoms with Crippen LogP contribution in [-0.2, 0) is 13.3 Å². The van der Waals surface area contributed by atoms with Gasteiger partial charge in [-0.2, -0.15) is 0 Å². The molecule has 0 amide bonds. The fourth-order valence-electron chi connectivity index (χ4n) is 1.25. The predicted molar refractivity (Wildman–Crippen MR) is 208 cm³/mol. The summed E-state index contributed by atoms with van der Waals surface area (Å²) in [6, 6.07) is 2.23. The first kappa shape index (κ1) is 106. The van der Waals surface area contributed by atoms with E-state index in [1.165, 1.54) is 6.04 Å². The molecule has 0 saturated carbocycles. The summed E-state index contributed by atoms with van der Waals surface area (Å²) in [5.74, 6) is 0. The van der Waals surface area contributed by atoms with Crippen molar-refractivity contribution >= 4 is 16.9 Å². The first-order valence-electron chi connectivity index (χ1n) is 9.80. The molecule has 0 unspecified atom stereocenters. The van der Waals surface area contributed by atoms with Crippen LogP contribution in [0.15, 0.2) is 0 Å². The first-order valence-corrected chi connectivity index (χ1v) is 15.4. The molecule has 0 atom stereocenters. The van der Waals surface area contributed by atoms with Crippen molar-refractivity contribution < 1.29 is 13.3 Å². The molecule has 0 bridgehead atoms. The van der Waals surface area contributed by atoms with Gasteiger partial charge in [0.1, 0.15) is 0 Å². The van der Waals surface area contributed by atoms with Crippen LogP contribution in [-0.4, -0.2) is 108 Å². The molecule has 6 nitrogen and oxygen atoms in total. The highest BCUT2D eigenvalue weighted by atomic mass is 28.4. The lowest BCUT2D eigenvalue weighted by Crippen LogP contribution is -2.41. The summed E-state index contributed by atoms with van der Waals surface area (Å²) in [4.78, 5) is 6.38. The molecule has 39 heavy (non-hydrogen) atoms. The van der Waals surface area contributed by atoms with Crippen LogP contribution in [0.2, 0.25) is 31.7 Å². The van der Waals surface area contributed by atoms with E-state index in [1.54, 1.807) is 21.3 Å². The van der Waals surface area contributed by atoms with Gasteiger partial charge >= 0.3 is 8.80 Å². The van der Waals surface area contributed by atoms with Crippen LogP contribution in [0.4, 0.5) is 0 Å². The second kappa shape index (κ2) is 66.5. The number of hydrogen-bond acceptors (Lipinski definition) is 6. The fourth-order valence-corrected chi connectivity index (χ4v) is 2.61. The molecule has 0 rings (SSSR count). The van der Waals surface area contributed by atoms with Gasteiger partial charge in [-0.25, -0.2) is 0 Å². The largest absolute Gasteiger partial charge is 0.499 e. The first-order chi connectivity index (χ1) is 12.2. The van der Waals surface area contributed by atoms with Crippen LogP contribution in [0.25, 0.3) is 0 Å². The Bertz CT molecular complexity index is 265. The van der Waals surface area contributed by atoms with E-state index < -0.39 is 16.9 Å². The highest BCUT2D eigenvalue weighted by Crippen LogP contribution is 2.10. The topological polar surface area (TPSA) is 37.4 Å². The van der Waals surface area contributed by atoms with Crippen LogP contribution in [0.1, 0.15) is 110 Å². The number of nitrogens with zero attached hydrogens (tertiary/aromatic N) is 3. The van der Waals surface area contributed by atoms with Crippen LogP contribution in [0.3, 0.4) is 0 Å². The van der Waals surface area contributed by atoms with Gasteiger partial charge in [-0.05, 0) is 48.8 Å². The summed E-state index contributed by atoms with van der Waals surface area (Å²) >= 11 is 0. The molecule has 0 N–H and O–H groups in total. The lowest BCUT2D eigenvalue weighted by Gasteiger charge is -2.22. The summed E-state index contributed by atoms with van der Waals surface area (Å²) < 4.78 is 15.2. The van der Waals surface area contributed by atoms with Crippen LogP contribution < -0.4 is 0 Å². The Morgan fingerprint density at radius 2 is 0.615 bits per heavy atom. The number of hydrogen-bond donors (Lipinski definition) is 0. The zero-order chi connectivity index (χ0) is 22.7. The molecule has 0 aliphatic carbocycles. The average molecular weight is 620 g/mol. The summed E-state index contributed by atoms with van der Waals surface area (Å²) in [6.07, 6.45) is 0. The standard InChI is InChI=1S/C5H14N2.C5H14O3Si.C5H14Si.C4H11N.12CH4/c1-6(2)5-7(3)4;1-5-9(6-2,7-3)8-4;1-5-6(2,3)4;1-4-5(2)3;;;;;;;;;;;;/h5H2,1-4H3;5H2,1-4H3;5H2,1-4H3;4H2,1-3H3;12*1H4. The zero-order valence-corrected chi connectivity index (χ0v) is 23.4. The van der Waals surface area contributed by atoms with Crippen molar-refractivity contribution in [3.05, 3.63) is 0 Å². The van der Waals surface area contributed by atoms with Crippen LogP contribution in [0, 0.1) is 0 Å². The van der Waals surface area contributed by atoms with Gasteiger partial charge in [0.05, 0.1) is 0 Å². The third-order valence-electron chi connectivity index (χ3n) is 3.62. The maximum atomic E-state index is 5.08. The predicted octanol–water partition coefficient (Wildman–Crippen LogP) is 11.5. The van der Waals surface area contributed by atoms with Crippen molar-refractivity contribution in [2.45, 2.75) is 142 Å². The highest BCUT2D eigenvalue weighted by molar-refractivity contribution is 6.75. The van der Waals surface area contributed by atoms with Gasteiger partial charge in [0.2, 0.25) is 0 Å². The smallest absolute Gasteiger partial charge is 0.377 e. The zero-order valence-electron chi connectivity index (χ0n) is 21.4. The van der Waals surface area contributed by atoms with Gasteiger partial charge < -0.3 is 18.2 Å². The minimum absolute atomic E-state index is 0. The Kier molecular flexibility index (Phi) is 181. The fraction of sp³-hybridized carbons (Fsp3) is 1.00. The molecule has 0 radical (unpaired) electrons. The van der Waals surface area contributed by atoms with Crippen molar-refractivity contribution in [1.29, 1.82) is 0 Å². The van der Waals surface area contributed by atoms with Gasteiger partial charge in [0.15, 0.2) is 0 Å². The molecule has 0 spiro atoms. The monoisotopic (exact) mass is 620 g/mol. The Hall–Kier alpha value is 0.194. The van der Waals surface area contributed by atoms with Crippen molar-refractivity contribution in [3.8, 4) is 0 Å². The van der Waals surface area contributed by atoms with Crippen molar-refractivity contribution in [3.63, 3.8) is 0 Å². The van der Waals surface area contributed by atoms with Gasteiger partial charge in [-0.1, -0.05) is 136 Å². The lowest BCUT2D eigenvalue weighted by molar-refractivity contribution is 0.125. The highest BCUT2D eigenvalue weighted by Gasteiger charge is 2.34. The van der Waals surface area contributed by atoms with E-state index in [2.05, 4.69) is 90.5 Å². The van der Waals surface area contributed by atoms with E-state index >= 15 is 0 Å². The minimum atomic E-state index is -2.19. The quantitative estimate of drug-likeness (QED) is 0.199. The molecule has 0 fully saturated rings. The molecule has 0 aromatic carbocycles. The normalized spacial score (nSPS) is 7.85. The molecule has 0 heterocycles. The SMILES string of the molecule is C.C.C.C.C.C.C.C.C.C.C.C.CCN(C)C.CC[Si](C)(C)C.CC[Si](OC)(OC)OC.CN(C)CN(C)C. The third-order valence-corrected chi connectivity index (χ3v) is 8.48. The van der Waals surface area contributed by atoms with Gasteiger partial charge in [-0.15, -0.1) is 0 Å². The number of rotatable bonds is 8. The Balaban J connectivity index is -0.0000000119. The summed E-state index contributed by atoms with van der Waals surface area (Å²) in [7, 11) is 14.4. The summed E-state index contributed by atoms with van der Waals surface area (Å²) in [5.41, 5.74) is 0. The molecule has 0 aliphatic rings. The molecule has 0 saturated heterocycles. The van der Waals surface area contributed by atoms with Crippen molar-refractivity contribution in [1.82, 2.24) is 14.7 Å². The molecule has 266 valence electrons. The molecule has 0 aromatic heterocycles. The molecule has 0 aliphatic heterocycles. The average Bonchev–Trinajstić information content (AvgIpc) is 2.57. The minimum Gasteiger partial charge on any atom is -0.377 e. The summed E-state index contributed by atoms with van der Waals surface area (Å²) in [5, 5.41) is 0. The third kappa shape index (κ3) is 111. The van der Waals surface area contributed by atoms with Gasteiger partial charge in [0, 0.05) is 42.1 Å². The summed E-state index contributed by atoms with van der Waals surface area (Å²) in [6.45, 7) is 15.7. The van der Waals surface area contributed by atoms with Gasteiger partial charge in [0.25, 0.3) is 0 Å². The Morgan fingerprint density at radius 1 is 0.436 bits per heavy atom. The molecular weight excluding hydrogens is 519 g/mol. The van der Waals surface area contributed by atoms with Gasteiger partial charge in [-0.3, -0.25) is 9.80 Å². The van der Waals surface area contributed by atoms with E-state index in [-0.39, 0.29) is 89.1 Å². The Morgan fingerprint density at radius 3 is 0.615 bits per heavy atom. The van der Waals surface area contributed by atoms with E-state index in [9.17, 15) is 0 Å². The van der Waals surface area contributed by atoms with Crippen LogP contribution >= 0.6 is 0 Å². The van der Waals surface area contributed by atoms with E-state index in [0.717, 1.165) is 19.3 Å². The van der Waals surface area contributed by atoms with Crippen LogP contribution in [0.5, 0.6) is 0 Å². The van der Waals surface area contributed by atoms with E-state index in [4.69, 9.17) is 13.3 Å². The lowest BCUT2D eigenvalue weighted by atomic mass is 10.7. The maximum absolute atomic E-state index is 5.08.